The average Bonchev–Trinajstić information content (AvgIpc) is 2.73. The molecule has 0 saturated heterocycles. The zero-order valence-corrected chi connectivity index (χ0v) is 11.8. The van der Waals surface area contributed by atoms with Gasteiger partial charge in [-0.05, 0) is 26.8 Å². The molecule has 0 saturated carbocycles. The third kappa shape index (κ3) is 2.65. The molecule has 0 aliphatic carbocycles. The van der Waals surface area contributed by atoms with Crippen LogP contribution in [0.3, 0.4) is 0 Å². The fourth-order valence-electron chi connectivity index (χ4n) is 2.04. The Morgan fingerprint density at radius 3 is 2.68 bits per heavy atom. The van der Waals surface area contributed by atoms with Crippen LogP contribution < -0.4 is 0 Å². The highest BCUT2D eigenvalue weighted by Gasteiger charge is 2.23. The Hall–Kier alpha value is -1.39. The molecule has 102 valence electrons. The van der Waals surface area contributed by atoms with Gasteiger partial charge in [0.25, 0.3) is 0 Å². The third-order valence-corrected chi connectivity index (χ3v) is 3.27. The first kappa shape index (κ1) is 14.0. The number of benzene rings is 1. The molecule has 0 aliphatic heterocycles. The van der Waals surface area contributed by atoms with Gasteiger partial charge in [-0.15, -0.1) is 0 Å². The molecule has 1 unspecified atom stereocenters. The number of halogens is 2. The second kappa shape index (κ2) is 5.31. The molecule has 1 N–H and O–H groups in total. The molecule has 5 heteroatoms. The Morgan fingerprint density at radius 2 is 2.05 bits per heavy atom. The maximum atomic E-state index is 13.8. The molecule has 2 aromatic rings. The van der Waals surface area contributed by atoms with Crippen LogP contribution in [0.2, 0.25) is 5.02 Å². The summed E-state index contributed by atoms with van der Waals surface area (Å²) >= 11 is 6.06. The van der Waals surface area contributed by atoms with E-state index in [2.05, 4.69) is 5.10 Å². The first-order valence-electron chi connectivity index (χ1n) is 6.08. The van der Waals surface area contributed by atoms with Crippen molar-refractivity contribution in [1.82, 2.24) is 9.78 Å². The molecule has 0 spiro atoms. The summed E-state index contributed by atoms with van der Waals surface area (Å²) in [6, 6.07) is 4.66. The number of aliphatic hydroxyl groups is 1. The number of aliphatic hydroxyl groups excluding tert-OH is 1. The first-order valence-corrected chi connectivity index (χ1v) is 6.46. The average molecular weight is 283 g/mol. The predicted octanol–water partition coefficient (Wildman–Crippen LogP) is 3.65. The highest BCUT2D eigenvalue weighted by atomic mass is 35.5. The molecular weight excluding hydrogens is 267 g/mol. The molecule has 19 heavy (non-hydrogen) atoms. The van der Waals surface area contributed by atoms with E-state index in [0.717, 1.165) is 5.56 Å². The summed E-state index contributed by atoms with van der Waals surface area (Å²) in [4.78, 5) is 0. The number of aryl methyl sites for hydroxylation is 1. The summed E-state index contributed by atoms with van der Waals surface area (Å²) in [7, 11) is 0. The molecule has 1 heterocycles. The van der Waals surface area contributed by atoms with Crippen LogP contribution in [-0.4, -0.2) is 14.9 Å². The van der Waals surface area contributed by atoms with Crippen LogP contribution in [0.1, 0.15) is 42.8 Å². The van der Waals surface area contributed by atoms with Crippen molar-refractivity contribution in [3.8, 4) is 0 Å². The van der Waals surface area contributed by atoms with Crippen molar-refractivity contribution >= 4 is 11.6 Å². The van der Waals surface area contributed by atoms with Gasteiger partial charge in [-0.25, -0.2) is 4.39 Å². The molecule has 1 aromatic carbocycles. The van der Waals surface area contributed by atoms with Crippen molar-refractivity contribution in [1.29, 1.82) is 0 Å². The van der Waals surface area contributed by atoms with Crippen molar-refractivity contribution < 1.29 is 9.50 Å². The molecule has 3 nitrogen and oxygen atoms in total. The maximum Gasteiger partial charge on any atom is 0.129 e. The van der Waals surface area contributed by atoms with Crippen LogP contribution in [0.5, 0.6) is 0 Å². The minimum Gasteiger partial charge on any atom is -0.382 e. The Morgan fingerprint density at radius 1 is 1.37 bits per heavy atom. The first-order chi connectivity index (χ1) is 8.91. The standard InChI is InChI=1S/C14H16ClFN2O/c1-8(2)18-13(11(15)7-17-18)14(19)10-6-9(3)4-5-12(10)16/h4-8,14,19H,1-3H3. The minimum absolute atomic E-state index is 0.0324. The van der Waals surface area contributed by atoms with Gasteiger partial charge in [0.1, 0.15) is 11.9 Å². The molecule has 2 rings (SSSR count). The van der Waals surface area contributed by atoms with Gasteiger partial charge in [0.2, 0.25) is 0 Å². The van der Waals surface area contributed by atoms with E-state index in [9.17, 15) is 9.50 Å². The second-order valence-electron chi connectivity index (χ2n) is 4.84. The number of nitrogens with zero attached hydrogens (tertiary/aromatic N) is 2. The monoisotopic (exact) mass is 282 g/mol. The molecule has 0 amide bonds. The normalized spacial score (nSPS) is 13.0. The Balaban J connectivity index is 2.52. The molecule has 0 bridgehead atoms. The summed E-state index contributed by atoms with van der Waals surface area (Å²) in [5, 5.41) is 14.9. The van der Waals surface area contributed by atoms with Crippen molar-refractivity contribution in [3.05, 3.63) is 52.1 Å². The number of hydrogen-bond acceptors (Lipinski definition) is 2. The van der Waals surface area contributed by atoms with E-state index >= 15 is 0 Å². The van der Waals surface area contributed by atoms with Gasteiger partial charge in [-0.3, -0.25) is 4.68 Å². The smallest absolute Gasteiger partial charge is 0.129 e. The van der Waals surface area contributed by atoms with Crippen LogP contribution in [0, 0.1) is 12.7 Å². The second-order valence-corrected chi connectivity index (χ2v) is 5.25. The van der Waals surface area contributed by atoms with Gasteiger partial charge in [-0.1, -0.05) is 29.3 Å². The lowest BCUT2D eigenvalue weighted by Crippen LogP contribution is -2.13. The number of hydrogen-bond donors (Lipinski definition) is 1. The quantitative estimate of drug-likeness (QED) is 0.933. The van der Waals surface area contributed by atoms with E-state index in [1.165, 1.54) is 12.3 Å². The van der Waals surface area contributed by atoms with Crippen LogP contribution in [0.4, 0.5) is 4.39 Å². The highest BCUT2D eigenvalue weighted by molar-refractivity contribution is 6.31. The Labute approximate surface area is 116 Å². The van der Waals surface area contributed by atoms with E-state index in [1.54, 1.807) is 16.8 Å². The Kier molecular flexibility index (Phi) is 3.92. The van der Waals surface area contributed by atoms with Gasteiger partial charge < -0.3 is 5.11 Å². The third-order valence-electron chi connectivity index (χ3n) is 2.98. The summed E-state index contributed by atoms with van der Waals surface area (Å²) in [5.74, 6) is -0.453. The summed E-state index contributed by atoms with van der Waals surface area (Å²) in [6.07, 6.45) is 0.339. The predicted molar refractivity (Wildman–Crippen MR) is 72.8 cm³/mol. The Bertz CT molecular complexity index is 595. The lowest BCUT2D eigenvalue weighted by atomic mass is 10.0. The largest absolute Gasteiger partial charge is 0.382 e. The van der Waals surface area contributed by atoms with E-state index in [1.807, 2.05) is 20.8 Å². The molecular formula is C14H16ClFN2O. The lowest BCUT2D eigenvalue weighted by Gasteiger charge is -2.17. The number of rotatable bonds is 3. The number of aromatic nitrogens is 2. The SMILES string of the molecule is Cc1ccc(F)c(C(O)c2c(Cl)cnn2C(C)C)c1. The molecule has 1 atom stereocenters. The van der Waals surface area contributed by atoms with E-state index in [0.29, 0.717) is 10.7 Å². The lowest BCUT2D eigenvalue weighted by molar-refractivity contribution is 0.200. The summed E-state index contributed by atoms with van der Waals surface area (Å²) in [6.45, 7) is 5.69. The zero-order valence-electron chi connectivity index (χ0n) is 11.1. The van der Waals surface area contributed by atoms with Crippen LogP contribution in [-0.2, 0) is 0 Å². The zero-order chi connectivity index (χ0) is 14.2. The fourth-order valence-corrected chi connectivity index (χ4v) is 2.27. The van der Waals surface area contributed by atoms with Gasteiger partial charge in [0.15, 0.2) is 0 Å². The molecule has 1 aromatic heterocycles. The van der Waals surface area contributed by atoms with Gasteiger partial charge in [0, 0.05) is 11.6 Å². The summed E-state index contributed by atoms with van der Waals surface area (Å²) < 4.78 is 15.4. The maximum absolute atomic E-state index is 13.8. The van der Waals surface area contributed by atoms with Gasteiger partial charge >= 0.3 is 0 Å². The van der Waals surface area contributed by atoms with Crippen molar-refractivity contribution in [2.24, 2.45) is 0 Å². The van der Waals surface area contributed by atoms with Gasteiger partial charge in [-0.2, -0.15) is 5.10 Å². The molecule has 0 fully saturated rings. The van der Waals surface area contributed by atoms with Crippen molar-refractivity contribution in [2.75, 3.05) is 0 Å². The van der Waals surface area contributed by atoms with Crippen molar-refractivity contribution in [2.45, 2.75) is 32.9 Å². The van der Waals surface area contributed by atoms with Crippen LogP contribution in [0.25, 0.3) is 0 Å². The van der Waals surface area contributed by atoms with Gasteiger partial charge in [0.05, 0.1) is 16.9 Å². The topological polar surface area (TPSA) is 38.1 Å². The van der Waals surface area contributed by atoms with E-state index in [-0.39, 0.29) is 11.6 Å². The summed E-state index contributed by atoms with van der Waals surface area (Å²) in [5.41, 5.74) is 1.51. The van der Waals surface area contributed by atoms with E-state index < -0.39 is 11.9 Å². The molecule has 0 aliphatic rings. The highest BCUT2D eigenvalue weighted by Crippen LogP contribution is 2.31. The van der Waals surface area contributed by atoms with Crippen LogP contribution in [0.15, 0.2) is 24.4 Å². The molecule has 0 radical (unpaired) electrons. The van der Waals surface area contributed by atoms with Crippen LogP contribution >= 0.6 is 11.6 Å². The fraction of sp³-hybridized carbons (Fsp3) is 0.357. The minimum atomic E-state index is -1.13. The van der Waals surface area contributed by atoms with E-state index in [4.69, 9.17) is 11.6 Å². The van der Waals surface area contributed by atoms with Crippen molar-refractivity contribution in [3.63, 3.8) is 0 Å².